The van der Waals surface area contributed by atoms with E-state index in [9.17, 15) is 9.90 Å². The Morgan fingerprint density at radius 3 is 2.76 bits per heavy atom. The van der Waals surface area contributed by atoms with Gasteiger partial charge in [-0.2, -0.15) is 0 Å². The molecule has 0 spiro atoms. The second-order valence-corrected chi connectivity index (χ2v) is 4.81. The molecule has 3 heteroatoms. The Morgan fingerprint density at radius 1 is 1.47 bits per heavy atom. The molecule has 3 nitrogen and oxygen atoms in total. The van der Waals surface area contributed by atoms with E-state index in [4.69, 9.17) is 0 Å². The first-order chi connectivity index (χ1) is 8.16. The first-order valence-corrected chi connectivity index (χ1v) is 6.15. The predicted molar refractivity (Wildman–Crippen MR) is 67.0 cm³/mol. The maximum Gasteiger partial charge on any atom is 0.176 e. The van der Waals surface area contributed by atoms with Gasteiger partial charge in [-0.1, -0.05) is 30.3 Å². The number of Topliss-reactive ketones (excluding diaryl/α,β-unsaturated/α-hetero) is 1. The summed E-state index contributed by atoms with van der Waals surface area (Å²) in [6, 6.07) is 9.39. The third kappa shape index (κ3) is 3.14. The van der Waals surface area contributed by atoms with Crippen LogP contribution < -0.4 is 0 Å². The highest BCUT2D eigenvalue weighted by Crippen LogP contribution is 2.19. The van der Waals surface area contributed by atoms with Crippen molar-refractivity contribution in [2.24, 2.45) is 5.92 Å². The molecule has 1 aromatic rings. The van der Waals surface area contributed by atoms with Gasteiger partial charge in [0.15, 0.2) is 5.78 Å². The van der Waals surface area contributed by atoms with Crippen molar-refractivity contribution in [1.29, 1.82) is 0 Å². The number of carbonyl (C=O) groups excluding carboxylic acids is 1. The fourth-order valence-corrected chi connectivity index (χ4v) is 2.32. The van der Waals surface area contributed by atoms with E-state index < -0.39 is 0 Å². The van der Waals surface area contributed by atoms with Gasteiger partial charge in [-0.05, 0) is 25.8 Å². The summed E-state index contributed by atoms with van der Waals surface area (Å²) < 4.78 is 0. The van der Waals surface area contributed by atoms with E-state index in [0.717, 1.165) is 25.1 Å². The number of ketones is 1. The van der Waals surface area contributed by atoms with Crippen LogP contribution in [0.1, 0.15) is 23.7 Å². The number of nitrogens with zero attached hydrogens (tertiary/aromatic N) is 1. The maximum atomic E-state index is 12.0. The van der Waals surface area contributed by atoms with Gasteiger partial charge in [-0.3, -0.25) is 9.69 Å². The summed E-state index contributed by atoms with van der Waals surface area (Å²) in [5.41, 5.74) is 0.771. The zero-order valence-corrected chi connectivity index (χ0v) is 10.2. The summed E-state index contributed by atoms with van der Waals surface area (Å²) in [5, 5.41) is 9.51. The monoisotopic (exact) mass is 233 g/mol. The van der Waals surface area contributed by atoms with Crippen molar-refractivity contribution in [2.75, 3.05) is 19.6 Å². The van der Waals surface area contributed by atoms with Gasteiger partial charge in [0, 0.05) is 12.1 Å². The number of hydrogen-bond acceptors (Lipinski definition) is 3. The van der Waals surface area contributed by atoms with Crippen molar-refractivity contribution in [3.05, 3.63) is 35.9 Å². The van der Waals surface area contributed by atoms with Crippen molar-refractivity contribution < 1.29 is 9.90 Å². The third-order valence-corrected chi connectivity index (χ3v) is 3.45. The number of carbonyl (C=O) groups is 1. The Bertz CT molecular complexity index is 375. The normalized spacial score (nSPS) is 22.6. The summed E-state index contributed by atoms with van der Waals surface area (Å²) in [5.74, 6) is 0.482. The van der Waals surface area contributed by atoms with Crippen LogP contribution in [0.3, 0.4) is 0 Å². The van der Waals surface area contributed by atoms with Crippen molar-refractivity contribution in [2.45, 2.75) is 19.4 Å². The van der Waals surface area contributed by atoms with E-state index in [2.05, 4.69) is 4.90 Å². The average molecular weight is 233 g/mol. The SMILES string of the molecule is CC(O)C1CCN(CC(=O)c2ccccc2)C1. The lowest BCUT2D eigenvalue weighted by molar-refractivity contribution is 0.0925. The molecule has 1 N–H and O–H groups in total. The molecule has 1 aliphatic heterocycles. The molecule has 2 rings (SSSR count). The van der Waals surface area contributed by atoms with Crippen LogP contribution in [-0.4, -0.2) is 41.5 Å². The lowest BCUT2D eigenvalue weighted by Crippen LogP contribution is -2.29. The van der Waals surface area contributed by atoms with E-state index in [-0.39, 0.29) is 11.9 Å². The highest BCUT2D eigenvalue weighted by atomic mass is 16.3. The van der Waals surface area contributed by atoms with E-state index in [1.54, 1.807) is 0 Å². The van der Waals surface area contributed by atoms with Gasteiger partial charge in [0.25, 0.3) is 0 Å². The van der Waals surface area contributed by atoms with Crippen LogP contribution in [0.2, 0.25) is 0 Å². The van der Waals surface area contributed by atoms with Gasteiger partial charge in [-0.25, -0.2) is 0 Å². The minimum absolute atomic E-state index is 0.164. The Kier molecular flexibility index (Phi) is 3.92. The standard InChI is InChI=1S/C14H19NO2/c1-11(16)13-7-8-15(9-13)10-14(17)12-5-3-2-4-6-12/h2-6,11,13,16H,7-10H2,1H3. The molecule has 92 valence electrons. The highest BCUT2D eigenvalue weighted by Gasteiger charge is 2.27. The summed E-state index contributed by atoms with van der Waals surface area (Å²) in [6.07, 6.45) is 0.714. The molecule has 0 bridgehead atoms. The summed E-state index contributed by atoms with van der Waals surface area (Å²) in [4.78, 5) is 14.1. The number of aliphatic hydroxyl groups excluding tert-OH is 1. The Balaban J connectivity index is 1.89. The Morgan fingerprint density at radius 2 is 2.18 bits per heavy atom. The van der Waals surface area contributed by atoms with Crippen LogP contribution in [0.15, 0.2) is 30.3 Å². The van der Waals surface area contributed by atoms with Crippen molar-refractivity contribution in [1.82, 2.24) is 4.90 Å². The molecule has 1 aromatic carbocycles. The van der Waals surface area contributed by atoms with Gasteiger partial charge >= 0.3 is 0 Å². The number of aliphatic hydroxyl groups is 1. The lowest BCUT2D eigenvalue weighted by Gasteiger charge is -2.16. The van der Waals surface area contributed by atoms with Gasteiger partial charge in [0.05, 0.1) is 12.6 Å². The fourth-order valence-electron chi connectivity index (χ4n) is 2.32. The smallest absolute Gasteiger partial charge is 0.176 e. The predicted octanol–water partition coefficient (Wildman–Crippen LogP) is 1.57. The zero-order chi connectivity index (χ0) is 12.3. The Labute approximate surface area is 102 Å². The second kappa shape index (κ2) is 5.43. The Hall–Kier alpha value is -1.19. The average Bonchev–Trinajstić information content (AvgIpc) is 2.79. The van der Waals surface area contributed by atoms with Crippen LogP contribution in [-0.2, 0) is 0 Å². The molecule has 2 atom stereocenters. The second-order valence-electron chi connectivity index (χ2n) is 4.81. The minimum Gasteiger partial charge on any atom is -0.393 e. The van der Waals surface area contributed by atoms with E-state index in [1.807, 2.05) is 37.3 Å². The molecule has 1 heterocycles. The molecule has 0 aliphatic carbocycles. The van der Waals surface area contributed by atoms with Crippen LogP contribution in [0.5, 0.6) is 0 Å². The van der Waals surface area contributed by atoms with Gasteiger partial charge in [0.1, 0.15) is 0 Å². The number of hydrogen-bond donors (Lipinski definition) is 1. The van der Waals surface area contributed by atoms with Gasteiger partial charge < -0.3 is 5.11 Å². The van der Waals surface area contributed by atoms with Crippen molar-refractivity contribution in [3.63, 3.8) is 0 Å². The van der Waals surface area contributed by atoms with E-state index in [0.29, 0.717) is 12.5 Å². The van der Waals surface area contributed by atoms with Crippen molar-refractivity contribution in [3.8, 4) is 0 Å². The third-order valence-electron chi connectivity index (χ3n) is 3.45. The first-order valence-electron chi connectivity index (χ1n) is 6.15. The first kappa shape index (κ1) is 12.3. The fraction of sp³-hybridized carbons (Fsp3) is 0.500. The highest BCUT2D eigenvalue weighted by molar-refractivity contribution is 5.97. The molecule has 0 saturated carbocycles. The molecular weight excluding hydrogens is 214 g/mol. The molecule has 0 radical (unpaired) electrons. The van der Waals surface area contributed by atoms with Crippen LogP contribution in [0, 0.1) is 5.92 Å². The molecule has 1 fully saturated rings. The van der Waals surface area contributed by atoms with Crippen LogP contribution >= 0.6 is 0 Å². The van der Waals surface area contributed by atoms with Gasteiger partial charge in [0.2, 0.25) is 0 Å². The molecule has 0 amide bonds. The number of benzene rings is 1. The molecule has 2 unspecified atom stereocenters. The summed E-state index contributed by atoms with van der Waals surface area (Å²) in [6.45, 7) is 4.03. The van der Waals surface area contributed by atoms with E-state index >= 15 is 0 Å². The number of rotatable bonds is 4. The van der Waals surface area contributed by atoms with Gasteiger partial charge in [-0.15, -0.1) is 0 Å². The number of likely N-dealkylation sites (tertiary alicyclic amines) is 1. The molecule has 1 aliphatic rings. The summed E-state index contributed by atoms with van der Waals surface area (Å²) >= 11 is 0. The largest absolute Gasteiger partial charge is 0.393 e. The molecule has 17 heavy (non-hydrogen) atoms. The van der Waals surface area contributed by atoms with Crippen LogP contribution in [0.4, 0.5) is 0 Å². The maximum absolute atomic E-state index is 12.0. The lowest BCUT2D eigenvalue weighted by atomic mass is 10.0. The topological polar surface area (TPSA) is 40.5 Å². The zero-order valence-electron chi connectivity index (χ0n) is 10.2. The molecule has 1 saturated heterocycles. The molecule has 0 aromatic heterocycles. The quantitative estimate of drug-likeness (QED) is 0.803. The van der Waals surface area contributed by atoms with Crippen molar-refractivity contribution >= 4 is 5.78 Å². The van der Waals surface area contributed by atoms with Crippen LogP contribution in [0.25, 0.3) is 0 Å². The molecular formula is C14H19NO2. The van der Waals surface area contributed by atoms with E-state index in [1.165, 1.54) is 0 Å². The minimum atomic E-state index is -0.271. The summed E-state index contributed by atoms with van der Waals surface area (Å²) in [7, 11) is 0.